The number of ether oxygens (including phenoxy) is 1. The molecule has 0 fully saturated rings. The Morgan fingerprint density at radius 1 is 1.43 bits per heavy atom. The summed E-state index contributed by atoms with van der Waals surface area (Å²) in [6.07, 6.45) is 2.33. The number of rotatable bonds is 1. The number of nitrogen functional groups attached to an aromatic ring is 1. The van der Waals surface area contributed by atoms with Crippen LogP contribution < -0.4 is 15.4 Å². The molecule has 3 nitrogen and oxygen atoms in total. The van der Waals surface area contributed by atoms with Gasteiger partial charge in [-0.3, -0.25) is 0 Å². The van der Waals surface area contributed by atoms with Crippen LogP contribution in [0, 0.1) is 0 Å². The fraction of sp³-hybridized carbons (Fsp3) is 0.455. The number of benzene rings is 1. The maximum atomic E-state index is 5.87. The topological polar surface area (TPSA) is 38.5 Å². The fourth-order valence-corrected chi connectivity index (χ4v) is 1.99. The van der Waals surface area contributed by atoms with E-state index in [-0.39, 0.29) is 0 Å². The Morgan fingerprint density at radius 3 is 2.93 bits per heavy atom. The quantitative estimate of drug-likeness (QED) is 0.688. The van der Waals surface area contributed by atoms with Gasteiger partial charge >= 0.3 is 0 Å². The molecule has 0 spiro atoms. The Bertz CT molecular complexity index is 349. The molecule has 0 aliphatic carbocycles. The van der Waals surface area contributed by atoms with Gasteiger partial charge in [-0.15, -0.1) is 0 Å². The van der Waals surface area contributed by atoms with Gasteiger partial charge in [-0.25, -0.2) is 0 Å². The van der Waals surface area contributed by atoms with E-state index in [1.54, 1.807) is 7.11 Å². The van der Waals surface area contributed by atoms with Crippen molar-refractivity contribution in [1.82, 2.24) is 0 Å². The summed E-state index contributed by atoms with van der Waals surface area (Å²) in [7, 11) is 3.76. The molecule has 0 bridgehead atoms. The fourth-order valence-electron chi connectivity index (χ4n) is 1.99. The number of methoxy groups -OCH3 is 1. The van der Waals surface area contributed by atoms with Gasteiger partial charge in [0.1, 0.15) is 5.75 Å². The summed E-state index contributed by atoms with van der Waals surface area (Å²) in [5.74, 6) is 0.791. The highest BCUT2D eigenvalue weighted by atomic mass is 16.5. The van der Waals surface area contributed by atoms with Crippen LogP contribution >= 0.6 is 0 Å². The van der Waals surface area contributed by atoms with Gasteiger partial charge in [0, 0.05) is 19.3 Å². The van der Waals surface area contributed by atoms with Crippen molar-refractivity contribution in [1.29, 1.82) is 0 Å². The molecule has 0 unspecified atom stereocenters. The standard InChI is InChI=1S/C11H16N2O/c1-13-5-3-4-8-6-11(14-2)9(12)7-10(8)13/h6-7H,3-5,12H2,1-2H3. The molecule has 0 aromatic heterocycles. The molecule has 3 heteroatoms. The summed E-state index contributed by atoms with van der Waals surface area (Å²) < 4.78 is 5.20. The molecular formula is C11H16N2O. The average Bonchev–Trinajstić information content (AvgIpc) is 2.19. The lowest BCUT2D eigenvalue weighted by Crippen LogP contribution is -2.24. The number of nitrogens with two attached hydrogens (primary N) is 1. The van der Waals surface area contributed by atoms with E-state index in [1.165, 1.54) is 17.7 Å². The maximum Gasteiger partial charge on any atom is 0.142 e. The minimum absolute atomic E-state index is 0.722. The number of aryl methyl sites for hydroxylation is 1. The second-order valence-corrected chi connectivity index (χ2v) is 3.75. The SMILES string of the molecule is COc1cc2c(cc1N)N(C)CCC2. The zero-order chi connectivity index (χ0) is 10.1. The molecule has 0 amide bonds. The van der Waals surface area contributed by atoms with Crippen LogP contribution in [0.15, 0.2) is 12.1 Å². The number of hydrogen-bond acceptors (Lipinski definition) is 3. The molecule has 1 aromatic carbocycles. The molecule has 2 rings (SSSR count). The Hall–Kier alpha value is -1.38. The van der Waals surface area contributed by atoms with E-state index in [0.717, 1.165) is 24.4 Å². The van der Waals surface area contributed by atoms with Crippen LogP contribution in [0.25, 0.3) is 0 Å². The molecule has 14 heavy (non-hydrogen) atoms. The summed E-state index contributed by atoms with van der Waals surface area (Å²) in [6, 6.07) is 4.06. The first-order chi connectivity index (χ1) is 6.72. The van der Waals surface area contributed by atoms with Gasteiger partial charge in [0.25, 0.3) is 0 Å². The van der Waals surface area contributed by atoms with Gasteiger partial charge in [-0.1, -0.05) is 0 Å². The van der Waals surface area contributed by atoms with Crippen LogP contribution in [-0.4, -0.2) is 20.7 Å². The largest absolute Gasteiger partial charge is 0.495 e. The van der Waals surface area contributed by atoms with Crippen molar-refractivity contribution in [2.45, 2.75) is 12.8 Å². The molecule has 0 saturated carbocycles. The summed E-state index contributed by atoms with van der Waals surface area (Å²) in [5.41, 5.74) is 9.17. The third-order valence-electron chi connectivity index (χ3n) is 2.78. The van der Waals surface area contributed by atoms with Gasteiger partial charge in [0.2, 0.25) is 0 Å². The van der Waals surface area contributed by atoms with E-state index in [1.807, 2.05) is 6.07 Å². The average molecular weight is 192 g/mol. The Kier molecular flexibility index (Phi) is 2.23. The van der Waals surface area contributed by atoms with Crippen molar-refractivity contribution >= 4 is 11.4 Å². The Labute approximate surface area is 84.5 Å². The number of hydrogen-bond donors (Lipinski definition) is 1. The highest BCUT2D eigenvalue weighted by Crippen LogP contribution is 2.34. The lowest BCUT2D eigenvalue weighted by molar-refractivity contribution is 0.416. The molecule has 0 radical (unpaired) electrons. The smallest absolute Gasteiger partial charge is 0.142 e. The number of fused-ring (bicyclic) bond motifs is 1. The van der Waals surface area contributed by atoms with Crippen LogP contribution in [0.2, 0.25) is 0 Å². The summed E-state index contributed by atoms with van der Waals surface area (Å²) >= 11 is 0. The molecule has 1 heterocycles. The Balaban J connectivity index is 2.48. The van der Waals surface area contributed by atoms with Gasteiger partial charge in [-0.2, -0.15) is 0 Å². The normalized spacial score (nSPS) is 15.1. The lowest BCUT2D eigenvalue weighted by Gasteiger charge is -2.28. The highest BCUT2D eigenvalue weighted by molar-refractivity contribution is 5.68. The van der Waals surface area contributed by atoms with Crippen molar-refractivity contribution in [3.8, 4) is 5.75 Å². The number of nitrogens with zero attached hydrogens (tertiary/aromatic N) is 1. The van der Waals surface area contributed by atoms with Crippen molar-refractivity contribution in [3.05, 3.63) is 17.7 Å². The van der Waals surface area contributed by atoms with Gasteiger partial charge in [-0.05, 0) is 30.5 Å². The zero-order valence-electron chi connectivity index (χ0n) is 8.71. The van der Waals surface area contributed by atoms with E-state index in [0.29, 0.717) is 0 Å². The van der Waals surface area contributed by atoms with Gasteiger partial charge in [0.15, 0.2) is 0 Å². The lowest BCUT2D eigenvalue weighted by atomic mass is 10.0. The molecule has 1 aromatic rings. The summed E-state index contributed by atoms with van der Waals surface area (Å²) in [4.78, 5) is 2.24. The first-order valence-corrected chi connectivity index (χ1v) is 4.90. The van der Waals surface area contributed by atoms with Crippen molar-refractivity contribution < 1.29 is 4.74 Å². The summed E-state index contributed by atoms with van der Waals surface area (Å²) in [6.45, 7) is 1.11. The third kappa shape index (κ3) is 1.39. The second-order valence-electron chi connectivity index (χ2n) is 3.75. The molecule has 1 aliphatic heterocycles. The van der Waals surface area contributed by atoms with E-state index in [2.05, 4.69) is 18.0 Å². The van der Waals surface area contributed by atoms with Gasteiger partial charge in [0.05, 0.1) is 12.8 Å². The van der Waals surface area contributed by atoms with E-state index >= 15 is 0 Å². The van der Waals surface area contributed by atoms with Crippen molar-refractivity contribution in [2.75, 3.05) is 31.3 Å². The van der Waals surface area contributed by atoms with Crippen molar-refractivity contribution in [3.63, 3.8) is 0 Å². The van der Waals surface area contributed by atoms with Crippen LogP contribution in [0.5, 0.6) is 5.75 Å². The Morgan fingerprint density at radius 2 is 2.21 bits per heavy atom. The molecule has 76 valence electrons. The van der Waals surface area contributed by atoms with Crippen molar-refractivity contribution in [2.24, 2.45) is 0 Å². The monoisotopic (exact) mass is 192 g/mol. The third-order valence-corrected chi connectivity index (χ3v) is 2.78. The molecule has 1 aliphatic rings. The van der Waals surface area contributed by atoms with Crippen LogP contribution in [0.4, 0.5) is 11.4 Å². The first kappa shape index (κ1) is 9.19. The predicted octanol–water partition coefficient (Wildman–Crippen LogP) is 1.66. The van der Waals surface area contributed by atoms with Crippen LogP contribution in [0.3, 0.4) is 0 Å². The zero-order valence-corrected chi connectivity index (χ0v) is 8.71. The van der Waals surface area contributed by atoms with E-state index in [9.17, 15) is 0 Å². The number of anilines is 2. The molecular weight excluding hydrogens is 176 g/mol. The second kappa shape index (κ2) is 3.40. The van der Waals surface area contributed by atoms with Gasteiger partial charge < -0.3 is 15.4 Å². The predicted molar refractivity (Wildman–Crippen MR) is 59.0 cm³/mol. The minimum atomic E-state index is 0.722. The minimum Gasteiger partial charge on any atom is -0.495 e. The van der Waals surface area contributed by atoms with Crippen LogP contribution in [0.1, 0.15) is 12.0 Å². The summed E-state index contributed by atoms with van der Waals surface area (Å²) in [5, 5.41) is 0. The van der Waals surface area contributed by atoms with E-state index in [4.69, 9.17) is 10.5 Å². The van der Waals surface area contributed by atoms with E-state index < -0.39 is 0 Å². The van der Waals surface area contributed by atoms with Crippen LogP contribution in [-0.2, 0) is 6.42 Å². The molecule has 0 atom stereocenters. The first-order valence-electron chi connectivity index (χ1n) is 4.90. The maximum absolute atomic E-state index is 5.87. The molecule has 2 N–H and O–H groups in total. The highest BCUT2D eigenvalue weighted by Gasteiger charge is 2.15. The molecule has 0 saturated heterocycles.